The van der Waals surface area contributed by atoms with E-state index in [4.69, 9.17) is 9.73 Å². The predicted octanol–water partition coefficient (Wildman–Crippen LogP) is 2.63. The molecule has 2 aromatic rings. The van der Waals surface area contributed by atoms with Crippen molar-refractivity contribution >= 4 is 35.9 Å². The topological polar surface area (TPSA) is 84.6 Å². The van der Waals surface area contributed by atoms with Gasteiger partial charge in [-0.25, -0.2) is 4.99 Å². The van der Waals surface area contributed by atoms with Crippen LogP contribution in [0.3, 0.4) is 0 Å². The normalized spacial score (nSPS) is 15.0. The molecule has 9 heteroatoms. The summed E-state index contributed by atoms with van der Waals surface area (Å²) in [6, 6.07) is 9.99. The van der Waals surface area contributed by atoms with Gasteiger partial charge in [-0.3, -0.25) is 9.36 Å². The number of carbonyl (C=O) groups excluding carboxylic acids is 1. The fraction of sp³-hybridized carbons (Fsp3) is 0.500. The van der Waals surface area contributed by atoms with Crippen molar-refractivity contribution in [3.63, 3.8) is 0 Å². The first-order valence-electron chi connectivity index (χ1n) is 9.87. The molecule has 0 atom stereocenters. The molecule has 1 saturated heterocycles. The number of hydrogen-bond acceptors (Lipinski definition) is 5. The van der Waals surface area contributed by atoms with Gasteiger partial charge in [0.05, 0.1) is 12.5 Å². The van der Waals surface area contributed by atoms with E-state index >= 15 is 0 Å². The Balaban J connectivity index is 0.00000300. The van der Waals surface area contributed by atoms with Crippen molar-refractivity contribution in [2.45, 2.75) is 33.2 Å². The van der Waals surface area contributed by atoms with Gasteiger partial charge in [-0.1, -0.05) is 18.2 Å². The molecule has 0 saturated carbocycles. The van der Waals surface area contributed by atoms with Gasteiger partial charge in [0.25, 0.3) is 0 Å². The molecule has 1 aromatic carbocycles. The van der Waals surface area contributed by atoms with Crippen LogP contribution in [-0.2, 0) is 16.1 Å². The van der Waals surface area contributed by atoms with Gasteiger partial charge in [-0.2, -0.15) is 0 Å². The summed E-state index contributed by atoms with van der Waals surface area (Å²) < 4.78 is 7.10. The van der Waals surface area contributed by atoms with E-state index in [0.717, 1.165) is 49.9 Å². The monoisotopic (exact) mass is 512 g/mol. The number of benzene rings is 1. The second kappa shape index (κ2) is 11.7. The predicted molar refractivity (Wildman–Crippen MR) is 123 cm³/mol. The first-order valence-corrected chi connectivity index (χ1v) is 9.87. The lowest BCUT2D eigenvalue weighted by Gasteiger charge is -2.33. The zero-order valence-corrected chi connectivity index (χ0v) is 19.3. The molecule has 0 amide bonds. The number of nitrogens with zero attached hydrogens (tertiary/aromatic N) is 5. The second-order valence-electron chi connectivity index (χ2n) is 6.64. The summed E-state index contributed by atoms with van der Waals surface area (Å²) >= 11 is 0. The zero-order valence-electron chi connectivity index (χ0n) is 17.0. The highest BCUT2D eigenvalue weighted by Gasteiger charge is 2.27. The highest BCUT2D eigenvalue weighted by atomic mass is 127. The number of carbonyl (C=O) groups is 1. The summed E-state index contributed by atoms with van der Waals surface area (Å²) in [4.78, 5) is 18.9. The Kier molecular flexibility index (Phi) is 9.36. The maximum Gasteiger partial charge on any atom is 0.309 e. The van der Waals surface area contributed by atoms with E-state index in [0.29, 0.717) is 13.2 Å². The summed E-state index contributed by atoms with van der Waals surface area (Å²) in [5.41, 5.74) is 1.01. The van der Waals surface area contributed by atoms with Crippen LogP contribution in [0.1, 0.15) is 32.5 Å². The van der Waals surface area contributed by atoms with Gasteiger partial charge in [0.2, 0.25) is 0 Å². The number of aliphatic imine (C=N–C) groups is 1. The molecule has 3 rings (SSSR count). The first-order chi connectivity index (χ1) is 13.7. The Bertz CT molecular complexity index is 787. The van der Waals surface area contributed by atoms with Crippen molar-refractivity contribution < 1.29 is 9.53 Å². The lowest BCUT2D eigenvalue weighted by atomic mass is 9.97. The molecule has 1 fully saturated rings. The summed E-state index contributed by atoms with van der Waals surface area (Å²) in [6.45, 7) is 7.09. The molecule has 1 aromatic heterocycles. The Hall–Kier alpha value is -2.17. The van der Waals surface area contributed by atoms with Crippen molar-refractivity contribution in [2.24, 2.45) is 10.9 Å². The number of hydrogen-bond donors (Lipinski definition) is 1. The van der Waals surface area contributed by atoms with Crippen LogP contribution in [0, 0.1) is 5.92 Å². The number of ether oxygens (including phenoxy) is 1. The molecule has 0 spiro atoms. The molecule has 2 heterocycles. The van der Waals surface area contributed by atoms with Gasteiger partial charge >= 0.3 is 5.97 Å². The van der Waals surface area contributed by atoms with Crippen LogP contribution in [0.4, 0.5) is 0 Å². The molecular formula is C20H29IN6O2. The summed E-state index contributed by atoms with van der Waals surface area (Å²) in [5, 5.41) is 11.6. The lowest BCUT2D eigenvalue weighted by molar-refractivity contribution is -0.149. The SMILES string of the molecule is CCNC(=NCc1nncn1-c1ccccc1)N1CCC(C(=O)OCC)CC1.I. The molecular weight excluding hydrogens is 483 g/mol. The molecule has 0 radical (unpaired) electrons. The standard InChI is InChI=1S/C20H28N6O2.HI/c1-3-21-20(25-12-10-16(11-13-25)19(27)28-4-2)22-14-18-24-23-15-26(18)17-8-6-5-7-9-17;/h5-9,15-16H,3-4,10-14H2,1-2H3,(H,21,22);1H. The number of halogens is 1. The molecule has 0 aliphatic carbocycles. The highest BCUT2D eigenvalue weighted by Crippen LogP contribution is 2.19. The van der Waals surface area contributed by atoms with Gasteiger partial charge in [-0.05, 0) is 38.8 Å². The lowest BCUT2D eigenvalue weighted by Crippen LogP contribution is -2.46. The number of guanidine groups is 1. The Morgan fingerprint density at radius 3 is 2.62 bits per heavy atom. The fourth-order valence-corrected chi connectivity index (χ4v) is 3.33. The Morgan fingerprint density at radius 1 is 1.24 bits per heavy atom. The fourth-order valence-electron chi connectivity index (χ4n) is 3.33. The van der Waals surface area contributed by atoms with Gasteiger partial charge in [0.15, 0.2) is 11.8 Å². The zero-order chi connectivity index (χ0) is 19.8. The van der Waals surface area contributed by atoms with Crippen molar-refractivity contribution in [1.29, 1.82) is 0 Å². The number of rotatable bonds is 6. The number of likely N-dealkylation sites (tertiary alicyclic amines) is 1. The quantitative estimate of drug-likeness (QED) is 0.277. The number of nitrogens with one attached hydrogen (secondary N) is 1. The van der Waals surface area contributed by atoms with E-state index in [1.807, 2.05) is 48.7 Å². The van der Waals surface area contributed by atoms with Crippen LogP contribution < -0.4 is 5.32 Å². The average Bonchev–Trinajstić information content (AvgIpc) is 3.21. The molecule has 1 aliphatic heterocycles. The summed E-state index contributed by atoms with van der Waals surface area (Å²) in [5.74, 6) is 1.52. The van der Waals surface area contributed by atoms with E-state index in [1.165, 1.54) is 0 Å². The molecule has 0 unspecified atom stereocenters. The average molecular weight is 512 g/mol. The van der Waals surface area contributed by atoms with Crippen LogP contribution in [0.25, 0.3) is 5.69 Å². The number of aromatic nitrogens is 3. The van der Waals surface area contributed by atoms with Crippen LogP contribution in [0.5, 0.6) is 0 Å². The highest BCUT2D eigenvalue weighted by molar-refractivity contribution is 14.0. The molecule has 1 aliphatic rings. The van der Waals surface area contributed by atoms with Gasteiger partial charge in [0, 0.05) is 25.3 Å². The van der Waals surface area contributed by atoms with E-state index < -0.39 is 0 Å². The minimum Gasteiger partial charge on any atom is -0.466 e. The molecule has 158 valence electrons. The summed E-state index contributed by atoms with van der Waals surface area (Å²) in [6.07, 6.45) is 3.27. The third-order valence-electron chi connectivity index (χ3n) is 4.77. The Labute approximate surface area is 188 Å². The largest absolute Gasteiger partial charge is 0.466 e. The molecule has 1 N–H and O–H groups in total. The number of piperidine rings is 1. The molecule has 8 nitrogen and oxygen atoms in total. The number of esters is 1. The van der Waals surface area contributed by atoms with Gasteiger partial charge in [0.1, 0.15) is 12.9 Å². The molecule has 29 heavy (non-hydrogen) atoms. The minimum atomic E-state index is -0.0833. The summed E-state index contributed by atoms with van der Waals surface area (Å²) in [7, 11) is 0. The van der Waals surface area contributed by atoms with E-state index in [2.05, 4.69) is 20.4 Å². The van der Waals surface area contributed by atoms with E-state index in [9.17, 15) is 4.79 Å². The van der Waals surface area contributed by atoms with E-state index in [-0.39, 0.29) is 35.9 Å². The van der Waals surface area contributed by atoms with Crippen LogP contribution >= 0.6 is 24.0 Å². The smallest absolute Gasteiger partial charge is 0.309 e. The van der Waals surface area contributed by atoms with Crippen molar-refractivity contribution in [1.82, 2.24) is 25.0 Å². The van der Waals surface area contributed by atoms with E-state index in [1.54, 1.807) is 6.33 Å². The number of para-hydroxylation sites is 1. The Morgan fingerprint density at radius 2 is 1.97 bits per heavy atom. The van der Waals surface area contributed by atoms with Gasteiger partial charge in [-0.15, -0.1) is 34.2 Å². The van der Waals surface area contributed by atoms with Crippen LogP contribution in [0.2, 0.25) is 0 Å². The third kappa shape index (κ3) is 6.15. The van der Waals surface area contributed by atoms with Crippen molar-refractivity contribution in [2.75, 3.05) is 26.2 Å². The maximum atomic E-state index is 11.9. The van der Waals surface area contributed by atoms with Crippen molar-refractivity contribution in [3.05, 3.63) is 42.5 Å². The van der Waals surface area contributed by atoms with Crippen LogP contribution in [0.15, 0.2) is 41.7 Å². The first kappa shape index (κ1) is 23.1. The maximum absolute atomic E-state index is 11.9. The van der Waals surface area contributed by atoms with Gasteiger partial charge < -0.3 is 15.0 Å². The minimum absolute atomic E-state index is 0. The third-order valence-corrected chi connectivity index (χ3v) is 4.77. The van der Waals surface area contributed by atoms with Crippen LogP contribution in [-0.4, -0.2) is 57.8 Å². The molecule has 0 bridgehead atoms. The second-order valence-corrected chi connectivity index (χ2v) is 6.64. The van der Waals surface area contributed by atoms with Crippen molar-refractivity contribution in [3.8, 4) is 5.69 Å².